The molecule has 0 spiro atoms. The van der Waals surface area contributed by atoms with Gasteiger partial charge in [-0.25, -0.2) is 4.98 Å². The second-order valence-electron chi connectivity index (χ2n) is 8.91. The van der Waals surface area contributed by atoms with Crippen LogP contribution in [0.1, 0.15) is 34.9 Å². The van der Waals surface area contributed by atoms with E-state index in [1.807, 2.05) is 17.4 Å². The molecule has 3 aromatic rings. The standard InChI is InChI=1S/C24H29N9O4.CH4/c1-25-24(35)20-17(9-19(29-30-20)28-23(34)13-5-6-13)27-18-8-14(33-10-15(11-33)36-3)7-16(21(18)37-4)22-26-12-32(2)31-22;/h7-9,12-13,15H,5-6,10-11H2,1-4H3,(H,25,35)(H2,27,28,29,34);1H4/i1D3;. The number of aryl methyl sites for hydroxylation is 1. The van der Waals surface area contributed by atoms with Crippen LogP contribution in [0.3, 0.4) is 0 Å². The Morgan fingerprint density at radius 3 is 2.55 bits per heavy atom. The molecule has 0 bridgehead atoms. The minimum Gasteiger partial charge on any atom is -0.494 e. The van der Waals surface area contributed by atoms with Crippen molar-refractivity contribution in [1.29, 1.82) is 0 Å². The summed E-state index contributed by atoms with van der Waals surface area (Å²) in [7, 11) is 4.90. The van der Waals surface area contributed by atoms with Gasteiger partial charge in [-0.3, -0.25) is 14.3 Å². The quantitative estimate of drug-likeness (QED) is 0.379. The number of nitrogens with one attached hydrogen (secondary N) is 3. The fourth-order valence-electron chi connectivity index (χ4n) is 4.03. The van der Waals surface area contributed by atoms with Crippen LogP contribution in [0.15, 0.2) is 24.5 Å². The number of carbonyl (C=O) groups is 2. The first-order chi connectivity index (χ1) is 19.0. The van der Waals surface area contributed by atoms with Gasteiger partial charge in [0, 0.05) is 56.0 Å². The molecule has 13 heteroatoms. The van der Waals surface area contributed by atoms with Crippen LogP contribution in [-0.4, -0.2) is 77.2 Å². The van der Waals surface area contributed by atoms with Crippen LogP contribution < -0.4 is 25.6 Å². The van der Waals surface area contributed by atoms with Gasteiger partial charge in [0.2, 0.25) is 5.91 Å². The summed E-state index contributed by atoms with van der Waals surface area (Å²) in [4.78, 5) is 31.7. The van der Waals surface area contributed by atoms with E-state index in [-0.39, 0.29) is 42.6 Å². The first-order valence-corrected chi connectivity index (χ1v) is 11.7. The van der Waals surface area contributed by atoms with Gasteiger partial charge in [0.15, 0.2) is 23.1 Å². The number of ether oxygens (including phenoxy) is 2. The third kappa shape index (κ3) is 5.37. The molecule has 0 atom stereocenters. The van der Waals surface area contributed by atoms with Crippen molar-refractivity contribution < 1.29 is 23.2 Å². The number of aromatic nitrogens is 5. The van der Waals surface area contributed by atoms with E-state index in [0.717, 1.165) is 18.5 Å². The molecule has 38 heavy (non-hydrogen) atoms. The van der Waals surface area contributed by atoms with Crippen LogP contribution in [0.2, 0.25) is 0 Å². The molecule has 202 valence electrons. The fourth-order valence-corrected chi connectivity index (χ4v) is 4.03. The van der Waals surface area contributed by atoms with E-state index in [1.54, 1.807) is 25.2 Å². The Morgan fingerprint density at radius 1 is 1.13 bits per heavy atom. The maximum Gasteiger partial charge on any atom is 0.273 e. The highest BCUT2D eigenvalue weighted by molar-refractivity contribution is 6.00. The number of hydrogen-bond acceptors (Lipinski definition) is 10. The van der Waals surface area contributed by atoms with E-state index in [1.165, 1.54) is 13.2 Å². The van der Waals surface area contributed by atoms with Crippen molar-refractivity contribution in [2.24, 2.45) is 13.0 Å². The van der Waals surface area contributed by atoms with E-state index in [2.05, 4.69) is 35.8 Å². The lowest BCUT2D eigenvalue weighted by Crippen LogP contribution is -2.51. The fraction of sp³-hybridized carbons (Fsp3) is 0.440. The van der Waals surface area contributed by atoms with Gasteiger partial charge in [0.1, 0.15) is 6.33 Å². The summed E-state index contributed by atoms with van der Waals surface area (Å²) in [6.07, 6.45) is 3.24. The number of amides is 2. The van der Waals surface area contributed by atoms with Crippen molar-refractivity contribution >= 4 is 34.7 Å². The Kier molecular flexibility index (Phi) is 6.63. The van der Waals surface area contributed by atoms with E-state index < -0.39 is 12.9 Å². The van der Waals surface area contributed by atoms with E-state index in [9.17, 15) is 9.59 Å². The molecule has 2 aliphatic rings. The molecule has 3 N–H and O–H groups in total. The molecule has 1 saturated carbocycles. The van der Waals surface area contributed by atoms with Gasteiger partial charge in [-0.1, -0.05) is 7.43 Å². The highest BCUT2D eigenvalue weighted by atomic mass is 16.5. The molecule has 1 saturated heterocycles. The summed E-state index contributed by atoms with van der Waals surface area (Å²) in [5, 5.41) is 20.1. The van der Waals surface area contributed by atoms with Gasteiger partial charge in [-0.15, -0.1) is 10.2 Å². The minimum absolute atomic E-state index is 0. The van der Waals surface area contributed by atoms with Gasteiger partial charge in [0.05, 0.1) is 30.2 Å². The number of benzene rings is 1. The molecule has 13 nitrogen and oxygen atoms in total. The van der Waals surface area contributed by atoms with Gasteiger partial charge >= 0.3 is 0 Å². The molecule has 2 aromatic heterocycles. The van der Waals surface area contributed by atoms with Gasteiger partial charge in [-0.2, -0.15) is 5.10 Å². The van der Waals surface area contributed by atoms with Crippen LogP contribution in [0.4, 0.5) is 22.9 Å². The molecule has 0 unspecified atom stereocenters. The number of carbonyl (C=O) groups excluding carboxylic acids is 2. The molecule has 3 heterocycles. The summed E-state index contributed by atoms with van der Waals surface area (Å²) in [6.45, 7) is -1.42. The van der Waals surface area contributed by atoms with Crippen molar-refractivity contribution in [2.75, 3.05) is 49.8 Å². The van der Waals surface area contributed by atoms with E-state index in [0.29, 0.717) is 35.9 Å². The van der Waals surface area contributed by atoms with E-state index >= 15 is 0 Å². The molecule has 5 rings (SSSR count). The first kappa shape index (κ1) is 22.9. The number of anilines is 4. The molecule has 0 radical (unpaired) electrons. The smallest absolute Gasteiger partial charge is 0.273 e. The molecular weight excluding hydrogens is 490 g/mol. The van der Waals surface area contributed by atoms with Crippen molar-refractivity contribution in [1.82, 2.24) is 30.3 Å². The lowest BCUT2D eigenvalue weighted by atomic mass is 10.1. The van der Waals surface area contributed by atoms with Crippen LogP contribution in [0, 0.1) is 5.92 Å². The number of methoxy groups -OCH3 is 2. The molecule has 1 aliphatic heterocycles. The second kappa shape index (κ2) is 11.0. The van der Waals surface area contributed by atoms with Crippen LogP contribution in [0.5, 0.6) is 5.75 Å². The topological polar surface area (TPSA) is 148 Å². The Morgan fingerprint density at radius 2 is 1.92 bits per heavy atom. The summed E-state index contributed by atoms with van der Waals surface area (Å²) >= 11 is 0. The van der Waals surface area contributed by atoms with Gasteiger partial charge < -0.3 is 30.3 Å². The van der Waals surface area contributed by atoms with Crippen molar-refractivity contribution in [3.8, 4) is 17.1 Å². The number of hydrogen-bond donors (Lipinski definition) is 3. The summed E-state index contributed by atoms with van der Waals surface area (Å²) < 4.78 is 35.1. The van der Waals surface area contributed by atoms with Crippen LogP contribution in [0.25, 0.3) is 11.4 Å². The largest absolute Gasteiger partial charge is 0.494 e. The predicted molar refractivity (Wildman–Crippen MR) is 143 cm³/mol. The van der Waals surface area contributed by atoms with Crippen LogP contribution in [-0.2, 0) is 16.6 Å². The molecule has 2 amide bonds. The van der Waals surface area contributed by atoms with Crippen molar-refractivity contribution in [3.05, 3.63) is 30.2 Å². The normalized spacial score (nSPS) is 16.3. The summed E-state index contributed by atoms with van der Waals surface area (Å²) in [6, 6.07) is 5.15. The first-order valence-electron chi connectivity index (χ1n) is 13.2. The lowest BCUT2D eigenvalue weighted by molar-refractivity contribution is -0.117. The molecule has 2 fully saturated rings. The Labute approximate surface area is 225 Å². The Balaban J connectivity index is 0.00000387. The zero-order valence-corrected chi connectivity index (χ0v) is 20.6. The predicted octanol–water partition coefficient (Wildman–Crippen LogP) is 2.20. The zero-order valence-electron chi connectivity index (χ0n) is 23.6. The number of nitrogens with zero attached hydrogens (tertiary/aromatic N) is 6. The lowest BCUT2D eigenvalue weighted by Gasteiger charge is -2.40. The third-order valence-electron chi connectivity index (χ3n) is 6.26. The Bertz CT molecular complexity index is 1440. The molecular formula is C25H33N9O4. The van der Waals surface area contributed by atoms with Crippen LogP contribution >= 0.6 is 0 Å². The summed E-state index contributed by atoms with van der Waals surface area (Å²) in [5.74, 6) is -0.359. The third-order valence-corrected chi connectivity index (χ3v) is 6.26. The zero-order chi connectivity index (χ0) is 28.6. The van der Waals surface area contributed by atoms with E-state index in [4.69, 9.17) is 13.6 Å². The monoisotopic (exact) mass is 526 g/mol. The second-order valence-corrected chi connectivity index (χ2v) is 8.91. The molecule has 1 aliphatic carbocycles. The number of rotatable bonds is 9. The SMILES string of the molecule is C.[2H]C([2H])([2H])NC(=O)c1nnc(NC(=O)C2CC2)cc1Nc1cc(N2CC(OC)C2)cc(-c2ncn(C)n2)c1OC. The Hall–Kier alpha value is -4.26. The highest BCUT2D eigenvalue weighted by Gasteiger charge is 2.31. The van der Waals surface area contributed by atoms with Crippen molar-refractivity contribution in [3.63, 3.8) is 0 Å². The van der Waals surface area contributed by atoms with Crippen molar-refractivity contribution in [2.45, 2.75) is 26.4 Å². The minimum atomic E-state index is -2.75. The average Bonchev–Trinajstić information content (AvgIpc) is 3.63. The maximum atomic E-state index is 12.9. The van der Waals surface area contributed by atoms with Gasteiger partial charge in [0.25, 0.3) is 5.91 Å². The summed E-state index contributed by atoms with van der Waals surface area (Å²) in [5.41, 5.74) is 1.66. The highest BCUT2D eigenvalue weighted by Crippen LogP contribution is 2.42. The van der Waals surface area contributed by atoms with Gasteiger partial charge in [-0.05, 0) is 25.0 Å². The average molecular weight is 527 g/mol. The maximum absolute atomic E-state index is 12.9. The molecule has 1 aromatic carbocycles.